The summed E-state index contributed by atoms with van der Waals surface area (Å²) in [4.78, 5) is 14.9. The highest BCUT2D eigenvalue weighted by atomic mass is 19.1. The minimum Gasteiger partial charge on any atom is -0.362 e. The number of pyridine rings is 1. The van der Waals surface area contributed by atoms with Crippen LogP contribution in [0.25, 0.3) is 0 Å². The van der Waals surface area contributed by atoms with Crippen molar-refractivity contribution < 1.29 is 9.31 Å². The van der Waals surface area contributed by atoms with Gasteiger partial charge < -0.3 is 10.2 Å². The van der Waals surface area contributed by atoms with Crippen molar-refractivity contribution in [2.75, 3.05) is 14.1 Å². The fourth-order valence-corrected chi connectivity index (χ4v) is 1.12. The van der Waals surface area contributed by atoms with Gasteiger partial charge in [0.25, 0.3) is 6.20 Å². The van der Waals surface area contributed by atoms with Crippen LogP contribution in [0.4, 0.5) is 4.39 Å². The summed E-state index contributed by atoms with van der Waals surface area (Å²) in [7, 11) is 3.37. The Kier molecular flexibility index (Phi) is 4.38. The summed E-state index contributed by atoms with van der Waals surface area (Å²) in [6, 6.07) is 2.80. The van der Waals surface area contributed by atoms with Gasteiger partial charge in [-0.25, -0.2) is 4.98 Å². The first kappa shape index (κ1) is 12.9. The highest BCUT2D eigenvalue weighted by Gasteiger charge is 2.05. The third-order valence-electron chi connectivity index (χ3n) is 1.97. The van der Waals surface area contributed by atoms with Crippen LogP contribution in [-0.2, 0) is 6.54 Å². The maximum Gasteiger partial charge on any atom is 0.274 e. The average Bonchev–Trinajstić information content (AvgIpc) is 2.25. The van der Waals surface area contributed by atoms with Crippen molar-refractivity contribution in [1.29, 1.82) is 0 Å². The molecule has 0 aromatic carbocycles. The maximum atomic E-state index is 12.5. The van der Waals surface area contributed by atoms with E-state index in [1.54, 1.807) is 25.1 Å². The molecule has 0 amide bonds. The molecular formula is C10H13FN4O2. The first-order valence-electron chi connectivity index (χ1n) is 4.86. The Morgan fingerprint density at radius 1 is 1.65 bits per heavy atom. The summed E-state index contributed by atoms with van der Waals surface area (Å²) in [6.07, 6.45) is 2.25. The summed E-state index contributed by atoms with van der Waals surface area (Å²) in [5, 5.41) is 13.2. The van der Waals surface area contributed by atoms with Crippen LogP contribution < -0.4 is 5.32 Å². The van der Waals surface area contributed by atoms with Gasteiger partial charge in [0.2, 0.25) is 5.95 Å². The molecular weight excluding hydrogens is 227 g/mol. The Balaban J connectivity index is 2.64. The molecule has 0 atom stereocenters. The maximum absolute atomic E-state index is 12.5. The number of halogens is 1. The molecule has 1 N–H and O–H groups in total. The van der Waals surface area contributed by atoms with Crippen LogP contribution >= 0.6 is 0 Å². The summed E-state index contributed by atoms with van der Waals surface area (Å²) in [5.74, 6) is -0.193. The van der Waals surface area contributed by atoms with E-state index in [9.17, 15) is 14.5 Å². The molecule has 0 saturated carbocycles. The van der Waals surface area contributed by atoms with E-state index >= 15 is 0 Å². The van der Waals surface area contributed by atoms with E-state index < -0.39 is 10.9 Å². The average molecular weight is 240 g/mol. The molecule has 92 valence electrons. The SMILES string of the molecule is CN(C)C(=C[N+](=O)[O-])NCc1ccc(F)nc1. The summed E-state index contributed by atoms with van der Waals surface area (Å²) < 4.78 is 12.5. The van der Waals surface area contributed by atoms with Crippen molar-refractivity contribution in [1.82, 2.24) is 15.2 Å². The predicted octanol–water partition coefficient (Wildman–Crippen LogP) is 0.948. The molecule has 1 aromatic rings. The minimum atomic E-state index is -0.553. The van der Waals surface area contributed by atoms with E-state index in [0.29, 0.717) is 12.4 Å². The van der Waals surface area contributed by atoms with Gasteiger partial charge in [-0.05, 0) is 11.6 Å². The fourth-order valence-electron chi connectivity index (χ4n) is 1.12. The lowest BCUT2D eigenvalue weighted by Crippen LogP contribution is -2.26. The molecule has 0 aliphatic rings. The van der Waals surface area contributed by atoms with Crippen LogP contribution in [0.1, 0.15) is 5.56 Å². The Morgan fingerprint density at radius 2 is 2.35 bits per heavy atom. The molecule has 0 saturated heterocycles. The quantitative estimate of drug-likeness (QED) is 0.471. The molecule has 0 bridgehead atoms. The highest BCUT2D eigenvalue weighted by Crippen LogP contribution is 2.01. The normalized spacial score (nSPS) is 11.1. The molecule has 0 fully saturated rings. The smallest absolute Gasteiger partial charge is 0.274 e. The van der Waals surface area contributed by atoms with E-state index in [-0.39, 0.29) is 0 Å². The molecule has 7 heteroatoms. The van der Waals surface area contributed by atoms with E-state index in [4.69, 9.17) is 0 Å². The van der Waals surface area contributed by atoms with E-state index in [2.05, 4.69) is 10.3 Å². The third-order valence-corrected chi connectivity index (χ3v) is 1.97. The molecule has 0 aliphatic heterocycles. The summed E-state index contributed by atoms with van der Waals surface area (Å²) in [5.41, 5.74) is 0.738. The lowest BCUT2D eigenvalue weighted by Gasteiger charge is -2.16. The second-order valence-corrected chi connectivity index (χ2v) is 3.54. The van der Waals surface area contributed by atoms with Gasteiger partial charge in [0, 0.05) is 26.8 Å². The van der Waals surface area contributed by atoms with Gasteiger partial charge >= 0.3 is 0 Å². The van der Waals surface area contributed by atoms with E-state index in [1.807, 2.05) is 0 Å². The standard InChI is InChI=1S/C10H13FN4O2/c1-14(2)10(7-15(16)17)13-6-8-3-4-9(11)12-5-8/h3-5,7,13H,6H2,1-2H3. The van der Waals surface area contributed by atoms with Gasteiger partial charge in [-0.2, -0.15) is 4.39 Å². The molecule has 0 aliphatic carbocycles. The second kappa shape index (κ2) is 5.78. The Bertz CT molecular complexity index is 417. The van der Waals surface area contributed by atoms with Crippen molar-refractivity contribution >= 4 is 0 Å². The van der Waals surface area contributed by atoms with Crippen LogP contribution in [-0.4, -0.2) is 28.9 Å². The number of nitrogens with one attached hydrogen (secondary N) is 1. The molecule has 6 nitrogen and oxygen atoms in total. The Labute approximate surface area is 97.9 Å². The number of aromatic nitrogens is 1. The molecule has 1 rings (SSSR count). The number of hydrogen-bond donors (Lipinski definition) is 1. The van der Waals surface area contributed by atoms with Crippen LogP contribution in [0.15, 0.2) is 30.4 Å². The van der Waals surface area contributed by atoms with Crippen LogP contribution in [0.2, 0.25) is 0 Å². The van der Waals surface area contributed by atoms with Crippen LogP contribution in [0.5, 0.6) is 0 Å². The van der Waals surface area contributed by atoms with Crippen LogP contribution in [0, 0.1) is 16.1 Å². The fraction of sp³-hybridized carbons (Fsp3) is 0.300. The van der Waals surface area contributed by atoms with Crippen molar-refractivity contribution in [2.24, 2.45) is 0 Å². The zero-order valence-corrected chi connectivity index (χ0v) is 9.55. The van der Waals surface area contributed by atoms with E-state index in [0.717, 1.165) is 11.8 Å². The molecule has 1 aromatic heterocycles. The summed E-state index contributed by atoms with van der Waals surface area (Å²) in [6.45, 7) is 0.338. The topological polar surface area (TPSA) is 71.3 Å². The first-order valence-corrected chi connectivity index (χ1v) is 4.86. The van der Waals surface area contributed by atoms with Crippen molar-refractivity contribution in [3.8, 4) is 0 Å². The van der Waals surface area contributed by atoms with Crippen molar-refractivity contribution in [3.05, 3.63) is 52.0 Å². The molecule has 0 spiro atoms. The van der Waals surface area contributed by atoms with Gasteiger partial charge in [-0.1, -0.05) is 6.07 Å². The lowest BCUT2D eigenvalue weighted by molar-refractivity contribution is -0.404. The van der Waals surface area contributed by atoms with Gasteiger partial charge in [0.05, 0.1) is 4.92 Å². The van der Waals surface area contributed by atoms with Gasteiger partial charge in [0.1, 0.15) is 0 Å². The molecule has 0 unspecified atom stereocenters. The third kappa shape index (κ3) is 4.45. The first-order chi connectivity index (χ1) is 7.99. The largest absolute Gasteiger partial charge is 0.362 e. The van der Waals surface area contributed by atoms with Crippen molar-refractivity contribution in [2.45, 2.75) is 6.54 Å². The van der Waals surface area contributed by atoms with E-state index in [1.165, 1.54) is 12.3 Å². The predicted molar refractivity (Wildman–Crippen MR) is 59.8 cm³/mol. The molecule has 1 heterocycles. The summed E-state index contributed by atoms with van der Waals surface area (Å²) >= 11 is 0. The highest BCUT2D eigenvalue weighted by molar-refractivity contribution is 5.10. The second-order valence-electron chi connectivity index (χ2n) is 3.54. The van der Waals surface area contributed by atoms with Crippen LogP contribution in [0.3, 0.4) is 0 Å². The number of nitro groups is 1. The van der Waals surface area contributed by atoms with Gasteiger partial charge in [-0.15, -0.1) is 0 Å². The number of rotatable bonds is 5. The number of nitrogens with zero attached hydrogens (tertiary/aromatic N) is 3. The van der Waals surface area contributed by atoms with Gasteiger partial charge in [0.15, 0.2) is 5.82 Å². The Morgan fingerprint density at radius 3 is 2.82 bits per heavy atom. The zero-order valence-electron chi connectivity index (χ0n) is 9.55. The van der Waals surface area contributed by atoms with Gasteiger partial charge in [-0.3, -0.25) is 10.1 Å². The molecule has 17 heavy (non-hydrogen) atoms. The Hall–Kier alpha value is -2.18. The molecule has 0 radical (unpaired) electrons. The lowest BCUT2D eigenvalue weighted by atomic mass is 10.3. The zero-order chi connectivity index (χ0) is 12.8. The number of hydrogen-bond acceptors (Lipinski definition) is 5. The van der Waals surface area contributed by atoms with Crippen molar-refractivity contribution in [3.63, 3.8) is 0 Å². The minimum absolute atomic E-state index is 0.338. The monoisotopic (exact) mass is 240 g/mol.